The van der Waals surface area contributed by atoms with Crippen LogP contribution in [0.2, 0.25) is 0 Å². The Labute approximate surface area is 167 Å². The molecular formula is C19H24N4O6. The van der Waals surface area contributed by atoms with Gasteiger partial charge in [-0.1, -0.05) is 35.4 Å². The number of carbonyl (C=O) groups excluding carboxylic acids is 1. The lowest BCUT2D eigenvalue weighted by Gasteiger charge is -2.22. The quantitative estimate of drug-likeness (QED) is 0.534. The number of carbonyl (C=O) groups is 2. The van der Waals surface area contributed by atoms with Crippen LogP contribution in [0.5, 0.6) is 0 Å². The van der Waals surface area contributed by atoms with E-state index in [2.05, 4.69) is 10.4 Å². The third-order valence-electron chi connectivity index (χ3n) is 3.98. The van der Waals surface area contributed by atoms with Gasteiger partial charge in [-0.2, -0.15) is 0 Å². The second-order valence-electron chi connectivity index (χ2n) is 7.53. The first-order valence-electron chi connectivity index (χ1n) is 8.93. The van der Waals surface area contributed by atoms with Crippen LogP contribution in [0.25, 0.3) is 0 Å². The van der Waals surface area contributed by atoms with Crippen molar-refractivity contribution in [1.29, 1.82) is 0 Å². The van der Waals surface area contributed by atoms with Crippen LogP contribution < -0.4 is 5.32 Å². The van der Waals surface area contributed by atoms with Gasteiger partial charge in [-0.25, -0.2) is 9.59 Å². The van der Waals surface area contributed by atoms with E-state index in [1.165, 1.54) is 7.05 Å². The molecule has 0 radical (unpaired) electrons. The lowest BCUT2D eigenvalue weighted by molar-refractivity contribution is -0.393. The summed E-state index contributed by atoms with van der Waals surface area (Å²) >= 11 is 0. The van der Waals surface area contributed by atoms with Crippen molar-refractivity contribution in [1.82, 2.24) is 15.1 Å². The van der Waals surface area contributed by atoms with Gasteiger partial charge < -0.3 is 25.3 Å². The van der Waals surface area contributed by atoms with E-state index in [0.717, 1.165) is 10.2 Å². The maximum atomic E-state index is 12.0. The maximum Gasteiger partial charge on any atom is 0.408 e. The molecule has 2 aromatic rings. The molecule has 0 saturated carbocycles. The van der Waals surface area contributed by atoms with Gasteiger partial charge in [0.05, 0.1) is 11.3 Å². The van der Waals surface area contributed by atoms with E-state index in [9.17, 15) is 24.8 Å². The van der Waals surface area contributed by atoms with E-state index in [-0.39, 0.29) is 24.2 Å². The summed E-state index contributed by atoms with van der Waals surface area (Å²) in [6.45, 7) is 4.94. The summed E-state index contributed by atoms with van der Waals surface area (Å²) in [5, 5.41) is 27.6. The molecule has 1 unspecified atom stereocenters. The second-order valence-corrected chi connectivity index (χ2v) is 7.53. The van der Waals surface area contributed by atoms with E-state index >= 15 is 0 Å². The molecule has 0 aliphatic heterocycles. The Bertz CT molecular complexity index is 901. The summed E-state index contributed by atoms with van der Waals surface area (Å²) in [6, 6.07) is 7.78. The zero-order valence-electron chi connectivity index (χ0n) is 16.7. The zero-order valence-corrected chi connectivity index (χ0v) is 16.7. The number of nitrogens with zero attached hydrogens (tertiary/aromatic N) is 3. The molecule has 1 aromatic heterocycles. The van der Waals surface area contributed by atoms with Gasteiger partial charge in [0.15, 0.2) is 0 Å². The fourth-order valence-electron chi connectivity index (χ4n) is 2.84. The molecular weight excluding hydrogens is 380 g/mol. The lowest BCUT2D eigenvalue weighted by atomic mass is 10.0. The summed E-state index contributed by atoms with van der Waals surface area (Å²) in [5.41, 5.74) is 0.590. The standard InChI is InChI=1S/C19H24N4O6/c1-19(2,3)29-18(26)20-15(17(24)25)11-13-14(10-12-8-6-5-7-9-12)21-22(4)16(13)23(27)28/h5-9,15H,10-11H2,1-4H3,(H,20,26)(H,24,25). The third kappa shape index (κ3) is 6.03. The summed E-state index contributed by atoms with van der Waals surface area (Å²) in [6.07, 6.45) is -0.932. The first-order valence-corrected chi connectivity index (χ1v) is 8.93. The number of nitro groups is 1. The third-order valence-corrected chi connectivity index (χ3v) is 3.98. The van der Waals surface area contributed by atoms with E-state index in [0.29, 0.717) is 5.69 Å². The van der Waals surface area contributed by atoms with E-state index in [1.807, 2.05) is 30.3 Å². The molecule has 0 fully saturated rings. The first-order chi connectivity index (χ1) is 13.5. The minimum Gasteiger partial charge on any atom is -0.480 e. The number of nitrogens with one attached hydrogen (secondary N) is 1. The number of aliphatic carboxylic acids is 1. The van der Waals surface area contributed by atoms with Gasteiger partial charge in [0.25, 0.3) is 0 Å². The van der Waals surface area contributed by atoms with Crippen molar-refractivity contribution in [2.75, 3.05) is 0 Å². The van der Waals surface area contributed by atoms with Crippen molar-refractivity contribution in [3.8, 4) is 0 Å². The van der Waals surface area contributed by atoms with Gasteiger partial charge in [0, 0.05) is 12.8 Å². The smallest absolute Gasteiger partial charge is 0.408 e. The number of carboxylic acids is 1. The van der Waals surface area contributed by atoms with E-state index in [1.54, 1.807) is 20.8 Å². The molecule has 0 bridgehead atoms. The fourth-order valence-corrected chi connectivity index (χ4v) is 2.84. The largest absolute Gasteiger partial charge is 0.480 e. The molecule has 0 aliphatic carbocycles. The molecule has 10 heteroatoms. The second kappa shape index (κ2) is 8.72. The molecule has 156 valence electrons. The highest BCUT2D eigenvalue weighted by Gasteiger charge is 2.32. The molecule has 29 heavy (non-hydrogen) atoms. The number of benzene rings is 1. The highest BCUT2D eigenvalue weighted by molar-refractivity contribution is 5.80. The predicted octanol–water partition coefficient (Wildman–Crippen LogP) is 2.44. The average Bonchev–Trinajstić information content (AvgIpc) is 2.88. The van der Waals surface area contributed by atoms with Crippen LogP contribution in [0.4, 0.5) is 10.6 Å². The Morgan fingerprint density at radius 1 is 1.31 bits per heavy atom. The fraction of sp³-hybridized carbons (Fsp3) is 0.421. The number of carboxylic acid groups (broad SMARTS) is 1. The first kappa shape index (κ1) is 21.9. The van der Waals surface area contributed by atoms with Gasteiger partial charge in [-0.05, 0) is 31.3 Å². The minimum atomic E-state index is -1.41. The van der Waals surface area contributed by atoms with Gasteiger partial charge >= 0.3 is 17.9 Å². The van der Waals surface area contributed by atoms with Crippen molar-refractivity contribution < 1.29 is 24.4 Å². The molecule has 1 aromatic carbocycles. The van der Waals surface area contributed by atoms with Crippen molar-refractivity contribution >= 4 is 17.9 Å². The van der Waals surface area contributed by atoms with Crippen molar-refractivity contribution in [2.45, 2.75) is 45.3 Å². The van der Waals surface area contributed by atoms with Crippen LogP contribution >= 0.6 is 0 Å². The normalized spacial score (nSPS) is 12.3. The molecule has 1 heterocycles. The zero-order chi connectivity index (χ0) is 21.8. The van der Waals surface area contributed by atoms with Crippen LogP contribution in [0.3, 0.4) is 0 Å². The van der Waals surface area contributed by atoms with Gasteiger partial charge in [0.1, 0.15) is 18.7 Å². The monoisotopic (exact) mass is 404 g/mol. The van der Waals surface area contributed by atoms with Gasteiger partial charge in [0.2, 0.25) is 0 Å². The summed E-state index contributed by atoms with van der Waals surface area (Å²) < 4.78 is 6.21. The predicted molar refractivity (Wildman–Crippen MR) is 104 cm³/mol. The van der Waals surface area contributed by atoms with Crippen molar-refractivity contribution in [2.24, 2.45) is 7.05 Å². The summed E-state index contributed by atoms with van der Waals surface area (Å²) in [5.74, 6) is -1.65. The highest BCUT2D eigenvalue weighted by atomic mass is 16.6. The molecule has 2 N–H and O–H groups in total. The molecule has 1 atom stereocenters. The van der Waals surface area contributed by atoms with Crippen LogP contribution in [0, 0.1) is 10.1 Å². The Balaban J connectivity index is 2.35. The lowest BCUT2D eigenvalue weighted by Crippen LogP contribution is -2.44. The maximum absolute atomic E-state index is 12.0. The van der Waals surface area contributed by atoms with Crippen molar-refractivity contribution in [3.63, 3.8) is 0 Å². The average molecular weight is 404 g/mol. The number of aryl methyl sites for hydroxylation is 1. The minimum absolute atomic E-state index is 0.157. The molecule has 0 spiro atoms. The Kier molecular flexibility index (Phi) is 6.57. The molecule has 0 aliphatic rings. The topological polar surface area (TPSA) is 137 Å². The highest BCUT2D eigenvalue weighted by Crippen LogP contribution is 2.25. The number of ether oxygens (including phenoxy) is 1. The number of hydrogen-bond acceptors (Lipinski definition) is 6. The van der Waals surface area contributed by atoms with Crippen LogP contribution in [0.15, 0.2) is 30.3 Å². The van der Waals surface area contributed by atoms with Gasteiger partial charge in [-0.15, -0.1) is 4.68 Å². The van der Waals surface area contributed by atoms with Crippen LogP contribution in [0.1, 0.15) is 37.6 Å². The molecule has 2 rings (SSSR count). The Morgan fingerprint density at radius 3 is 2.45 bits per heavy atom. The number of hydrogen-bond donors (Lipinski definition) is 2. The SMILES string of the molecule is Cn1nc(Cc2ccccc2)c(CC(NC(=O)OC(C)(C)C)C(=O)O)c1[N+](=O)[O-]. The number of rotatable bonds is 7. The van der Waals surface area contributed by atoms with Gasteiger partial charge in [-0.3, -0.25) is 0 Å². The Hall–Kier alpha value is -3.43. The van der Waals surface area contributed by atoms with Crippen molar-refractivity contribution in [3.05, 3.63) is 57.3 Å². The van der Waals surface area contributed by atoms with Crippen LogP contribution in [-0.2, 0) is 29.4 Å². The molecule has 10 nitrogen and oxygen atoms in total. The number of alkyl carbamates (subject to hydrolysis) is 1. The van der Waals surface area contributed by atoms with E-state index < -0.39 is 28.6 Å². The molecule has 0 saturated heterocycles. The number of amides is 1. The molecule has 1 amide bonds. The summed E-state index contributed by atoms with van der Waals surface area (Å²) in [4.78, 5) is 34.7. The Morgan fingerprint density at radius 2 is 1.93 bits per heavy atom. The summed E-state index contributed by atoms with van der Waals surface area (Å²) in [7, 11) is 1.42. The van der Waals surface area contributed by atoms with Crippen LogP contribution in [-0.4, -0.2) is 43.5 Å². The van der Waals surface area contributed by atoms with E-state index in [4.69, 9.17) is 4.74 Å². The number of aromatic nitrogens is 2.